The molecule has 1 aliphatic rings. The van der Waals surface area contributed by atoms with E-state index >= 15 is 0 Å². The Morgan fingerprint density at radius 2 is 2.16 bits per heavy atom. The summed E-state index contributed by atoms with van der Waals surface area (Å²) in [5, 5.41) is 0. The van der Waals surface area contributed by atoms with E-state index in [9.17, 15) is 0 Å². The van der Waals surface area contributed by atoms with E-state index in [1.165, 1.54) is 31.5 Å². The van der Waals surface area contributed by atoms with E-state index in [2.05, 4.69) is 45.2 Å². The Balaban J connectivity index is 1.56. The molecule has 1 aromatic carbocycles. The van der Waals surface area contributed by atoms with E-state index in [0.29, 0.717) is 0 Å². The van der Waals surface area contributed by atoms with E-state index in [-0.39, 0.29) is 0 Å². The smallest absolute Gasteiger partial charge is 0.106 e. The number of aromatic nitrogens is 2. The third-order valence-corrected chi connectivity index (χ3v) is 3.89. The number of aromatic amines is 1. The quantitative estimate of drug-likeness (QED) is 0.911. The van der Waals surface area contributed by atoms with E-state index in [4.69, 9.17) is 0 Å². The number of hydrogen-bond donors (Lipinski definition) is 1. The van der Waals surface area contributed by atoms with Gasteiger partial charge < -0.3 is 4.98 Å². The van der Waals surface area contributed by atoms with Gasteiger partial charge in [0.05, 0.1) is 0 Å². The van der Waals surface area contributed by atoms with Crippen molar-refractivity contribution in [3.63, 3.8) is 0 Å². The zero-order chi connectivity index (χ0) is 12.9. The maximum Gasteiger partial charge on any atom is 0.106 e. The van der Waals surface area contributed by atoms with Crippen molar-refractivity contribution in [2.45, 2.75) is 25.8 Å². The summed E-state index contributed by atoms with van der Waals surface area (Å²) in [6.07, 6.45) is 7.47. The molecule has 1 N–H and O–H groups in total. The third kappa shape index (κ3) is 3.44. The predicted molar refractivity (Wildman–Crippen MR) is 76.7 cm³/mol. The molecule has 0 unspecified atom stereocenters. The van der Waals surface area contributed by atoms with Crippen LogP contribution in [-0.4, -0.2) is 28.0 Å². The summed E-state index contributed by atoms with van der Waals surface area (Å²) >= 11 is 0. The minimum absolute atomic E-state index is 0.739. The van der Waals surface area contributed by atoms with Crippen molar-refractivity contribution in [2.75, 3.05) is 13.1 Å². The minimum atomic E-state index is 0.739. The molecule has 3 nitrogen and oxygen atoms in total. The zero-order valence-electron chi connectivity index (χ0n) is 11.3. The van der Waals surface area contributed by atoms with Crippen LogP contribution in [-0.2, 0) is 13.0 Å². The molecule has 1 atom stereocenters. The van der Waals surface area contributed by atoms with Crippen LogP contribution >= 0.6 is 0 Å². The molecule has 1 fully saturated rings. The number of benzene rings is 1. The lowest BCUT2D eigenvalue weighted by Gasteiger charge is -2.32. The van der Waals surface area contributed by atoms with Crippen molar-refractivity contribution < 1.29 is 0 Å². The van der Waals surface area contributed by atoms with Gasteiger partial charge in [0.25, 0.3) is 0 Å². The van der Waals surface area contributed by atoms with Gasteiger partial charge in [-0.15, -0.1) is 0 Å². The first-order valence-corrected chi connectivity index (χ1v) is 7.15. The fraction of sp³-hybridized carbons (Fsp3) is 0.438. The fourth-order valence-corrected chi connectivity index (χ4v) is 2.99. The first kappa shape index (κ1) is 12.4. The van der Waals surface area contributed by atoms with Crippen LogP contribution in [0.1, 0.15) is 24.2 Å². The van der Waals surface area contributed by atoms with Crippen molar-refractivity contribution in [3.05, 3.63) is 54.1 Å². The summed E-state index contributed by atoms with van der Waals surface area (Å²) in [4.78, 5) is 10.1. The van der Waals surface area contributed by atoms with Crippen molar-refractivity contribution in [1.29, 1.82) is 0 Å². The maximum atomic E-state index is 4.35. The topological polar surface area (TPSA) is 31.9 Å². The first-order valence-electron chi connectivity index (χ1n) is 7.15. The van der Waals surface area contributed by atoms with Crippen LogP contribution in [0.15, 0.2) is 42.7 Å². The predicted octanol–water partition coefficient (Wildman–Crippen LogP) is 2.86. The Hall–Kier alpha value is -1.61. The lowest BCUT2D eigenvalue weighted by molar-refractivity contribution is 0.166. The molecule has 19 heavy (non-hydrogen) atoms. The average Bonchev–Trinajstić information content (AvgIpc) is 2.93. The van der Waals surface area contributed by atoms with Gasteiger partial charge in [0.2, 0.25) is 0 Å². The Morgan fingerprint density at radius 3 is 2.95 bits per heavy atom. The van der Waals surface area contributed by atoms with Crippen LogP contribution in [0.4, 0.5) is 0 Å². The average molecular weight is 255 g/mol. The summed E-state index contributed by atoms with van der Waals surface area (Å²) < 4.78 is 0. The third-order valence-electron chi connectivity index (χ3n) is 3.89. The molecule has 0 aliphatic carbocycles. The van der Waals surface area contributed by atoms with Crippen LogP contribution < -0.4 is 0 Å². The number of likely N-dealkylation sites (tertiary alicyclic amines) is 1. The summed E-state index contributed by atoms with van der Waals surface area (Å²) in [5.74, 6) is 1.87. The van der Waals surface area contributed by atoms with Gasteiger partial charge in [-0.05, 0) is 30.9 Å². The SMILES string of the molecule is c1ccc(CN2CCC[C@@H](Cc3ncc[nH]3)C2)cc1. The fourth-order valence-electron chi connectivity index (χ4n) is 2.99. The van der Waals surface area contributed by atoms with Gasteiger partial charge in [-0.1, -0.05) is 30.3 Å². The van der Waals surface area contributed by atoms with Crippen LogP contribution in [0, 0.1) is 5.92 Å². The van der Waals surface area contributed by atoms with E-state index in [1.54, 1.807) is 0 Å². The molecule has 2 aromatic rings. The Bertz CT molecular complexity index is 478. The number of rotatable bonds is 4. The number of hydrogen-bond acceptors (Lipinski definition) is 2. The molecule has 0 bridgehead atoms. The molecule has 3 heteroatoms. The normalized spacial score (nSPS) is 20.5. The highest BCUT2D eigenvalue weighted by Gasteiger charge is 2.20. The second-order valence-corrected chi connectivity index (χ2v) is 5.47. The van der Waals surface area contributed by atoms with Gasteiger partial charge in [0.1, 0.15) is 5.82 Å². The minimum Gasteiger partial charge on any atom is -0.349 e. The van der Waals surface area contributed by atoms with Gasteiger partial charge in [-0.3, -0.25) is 4.90 Å². The van der Waals surface area contributed by atoms with E-state index in [1.807, 2.05) is 12.4 Å². The number of piperidine rings is 1. The molecular weight excluding hydrogens is 234 g/mol. The van der Waals surface area contributed by atoms with Gasteiger partial charge >= 0.3 is 0 Å². The number of nitrogens with zero attached hydrogens (tertiary/aromatic N) is 2. The number of imidazole rings is 1. The maximum absolute atomic E-state index is 4.35. The summed E-state index contributed by atoms with van der Waals surface area (Å²) in [6, 6.07) is 10.8. The molecule has 100 valence electrons. The number of H-pyrrole nitrogens is 1. The Morgan fingerprint density at radius 1 is 1.26 bits per heavy atom. The van der Waals surface area contributed by atoms with Gasteiger partial charge in [0.15, 0.2) is 0 Å². The van der Waals surface area contributed by atoms with Crippen LogP contribution in [0.2, 0.25) is 0 Å². The van der Waals surface area contributed by atoms with Crippen LogP contribution in [0.3, 0.4) is 0 Å². The Labute approximate surface area is 114 Å². The molecule has 0 saturated carbocycles. The Kier molecular flexibility index (Phi) is 3.94. The second-order valence-electron chi connectivity index (χ2n) is 5.47. The van der Waals surface area contributed by atoms with Crippen LogP contribution in [0.5, 0.6) is 0 Å². The van der Waals surface area contributed by atoms with Crippen molar-refractivity contribution >= 4 is 0 Å². The highest BCUT2D eigenvalue weighted by Crippen LogP contribution is 2.21. The second kappa shape index (κ2) is 6.02. The standard InChI is InChI=1S/C16H21N3/c1-2-5-14(6-3-1)12-19-10-4-7-15(13-19)11-16-17-8-9-18-16/h1-3,5-6,8-9,15H,4,7,10-13H2,(H,17,18)/t15-/m0/s1. The molecule has 2 heterocycles. The van der Waals surface area contributed by atoms with Crippen LogP contribution in [0.25, 0.3) is 0 Å². The molecular formula is C16H21N3. The summed E-state index contributed by atoms with van der Waals surface area (Å²) in [7, 11) is 0. The lowest BCUT2D eigenvalue weighted by Crippen LogP contribution is -2.35. The largest absolute Gasteiger partial charge is 0.349 e. The summed E-state index contributed by atoms with van der Waals surface area (Å²) in [6.45, 7) is 3.49. The molecule has 0 radical (unpaired) electrons. The van der Waals surface area contributed by atoms with E-state index < -0.39 is 0 Å². The van der Waals surface area contributed by atoms with Crippen molar-refractivity contribution in [2.24, 2.45) is 5.92 Å². The first-order chi connectivity index (χ1) is 9.40. The monoisotopic (exact) mass is 255 g/mol. The van der Waals surface area contributed by atoms with E-state index in [0.717, 1.165) is 24.7 Å². The highest BCUT2D eigenvalue weighted by atomic mass is 15.1. The molecule has 1 aromatic heterocycles. The molecule has 1 aliphatic heterocycles. The highest BCUT2D eigenvalue weighted by molar-refractivity contribution is 5.14. The molecule has 1 saturated heterocycles. The lowest BCUT2D eigenvalue weighted by atomic mass is 9.94. The molecule has 3 rings (SSSR count). The molecule has 0 amide bonds. The van der Waals surface area contributed by atoms with Gasteiger partial charge in [-0.25, -0.2) is 4.98 Å². The summed E-state index contributed by atoms with van der Waals surface area (Å²) in [5.41, 5.74) is 1.42. The van der Waals surface area contributed by atoms with Crippen molar-refractivity contribution in [3.8, 4) is 0 Å². The van der Waals surface area contributed by atoms with Gasteiger partial charge in [-0.2, -0.15) is 0 Å². The van der Waals surface area contributed by atoms with Crippen molar-refractivity contribution in [1.82, 2.24) is 14.9 Å². The van der Waals surface area contributed by atoms with Gasteiger partial charge in [0, 0.05) is 31.9 Å². The number of nitrogens with one attached hydrogen (secondary N) is 1. The zero-order valence-corrected chi connectivity index (χ0v) is 11.3. The molecule has 0 spiro atoms.